The minimum absolute atomic E-state index is 0. The number of benzene rings is 1. The number of rotatable bonds is 0. The van der Waals surface area contributed by atoms with Gasteiger partial charge in [-0.1, -0.05) is 18.2 Å². The molecule has 1 aromatic rings. The zero-order chi connectivity index (χ0) is 5.98. The van der Waals surface area contributed by atoms with Crippen molar-refractivity contribution in [2.24, 2.45) is 0 Å². The molecule has 0 atom stereocenters. The Morgan fingerprint density at radius 3 is 2.11 bits per heavy atom. The second kappa shape index (κ2) is 3.88. The smallest absolute Gasteiger partial charge is 0.696 e. The Balaban J connectivity index is 0.000000640. The summed E-state index contributed by atoms with van der Waals surface area (Å²) >= 11 is 0. The second-order valence-electron chi connectivity index (χ2n) is 1.48. The van der Waals surface area contributed by atoms with Crippen LogP contribution >= 0.6 is 0 Å². The first-order valence-corrected chi connectivity index (χ1v) is 2.27. The van der Waals surface area contributed by atoms with Crippen molar-refractivity contribution in [3.05, 3.63) is 35.8 Å². The molecule has 0 aliphatic heterocycles. The minimum Gasteiger partial charge on any atom is -0.696 e. The van der Waals surface area contributed by atoms with Crippen LogP contribution in [0.4, 0.5) is 10.1 Å². The molecule has 3 heteroatoms. The Bertz CT molecular complexity index is 169. The summed E-state index contributed by atoms with van der Waals surface area (Å²) in [7, 11) is 0. The molecule has 0 bridgehead atoms. The Kier molecular flexibility index (Phi) is 3.86. The number of hydrogen-bond donors (Lipinski definition) is 0. The summed E-state index contributed by atoms with van der Waals surface area (Å²) in [5.41, 5.74) is 6.80. The van der Waals surface area contributed by atoms with Crippen molar-refractivity contribution in [3.63, 3.8) is 0 Å². The van der Waals surface area contributed by atoms with E-state index in [4.69, 9.17) is 5.73 Å². The number of nitrogens with one attached hydrogen (secondary N) is 1. The van der Waals surface area contributed by atoms with E-state index in [-0.39, 0.29) is 35.2 Å². The zero-order valence-corrected chi connectivity index (χ0v) is 7.19. The maximum atomic E-state index is 12.1. The van der Waals surface area contributed by atoms with Gasteiger partial charge in [0, 0.05) is 0 Å². The first-order chi connectivity index (χ1) is 3.80. The van der Waals surface area contributed by atoms with Crippen LogP contribution in [0, 0.1) is 5.82 Å². The van der Waals surface area contributed by atoms with E-state index in [9.17, 15) is 4.39 Å². The summed E-state index contributed by atoms with van der Waals surface area (Å²) in [4.78, 5) is 0. The van der Waals surface area contributed by atoms with Crippen molar-refractivity contribution >= 4 is 5.69 Å². The molecule has 0 saturated heterocycles. The van der Waals surface area contributed by atoms with E-state index in [1.54, 1.807) is 12.1 Å². The quantitative estimate of drug-likeness (QED) is 0.426. The van der Waals surface area contributed by atoms with Crippen LogP contribution in [0.15, 0.2) is 24.3 Å². The van der Waals surface area contributed by atoms with Gasteiger partial charge in [0.15, 0.2) is 0 Å². The molecule has 42 valence electrons. The fourth-order valence-corrected chi connectivity index (χ4v) is 0.461. The molecule has 0 amide bonds. The van der Waals surface area contributed by atoms with Gasteiger partial charge in [-0.3, -0.25) is 0 Å². The van der Waals surface area contributed by atoms with Crippen LogP contribution in [-0.4, -0.2) is 0 Å². The first kappa shape index (κ1) is 8.95. The third kappa shape index (κ3) is 2.35. The second-order valence-corrected chi connectivity index (χ2v) is 1.48. The van der Waals surface area contributed by atoms with Gasteiger partial charge in [0.1, 0.15) is 5.82 Å². The summed E-state index contributed by atoms with van der Waals surface area (Å²) in [6.07, 6.45) is 0. The van der Waals surface area contributed by atoms with Crippen LogP contribution in [-0.2, 0) is 0 Å². The van der Waals surface area contributed by atoms with E-state index >= 15 is 0 Å². The first-order valence-electron chi connectivity index (χ1n) is 2.27. The molecule has 1 nitrogen and oxygen atoms in total. The SMILES string of the molecule is [NH-]c1ccccc1F.[Na+]. The van der Waals surface area contributed by atoms with Crippen LogP contribution in [0.25, 0.3) is 5.73 Å². The average Bonchev–Trinajstić information content (AvgIpc) is 1.77. The van der Waals surface area contributed by atoms with Gasteiger partial charge in [-0.2, -0.15) is 0 Å². The molecule has 0 aliphatic carbocycles. The summed E-state index contributed by atoms with van der Waals surface area (Å²) in [5.74, 6) is -0.465. The summed E-state index contributed by atoms with van der Waals surface area (Å²) < 4.78 is 12.1. The van der Waals surface area contributed by atoms with Gasteiger partial charge in [-0.05, 0) is 6.07 Å². The van der Waals surface area contributed by atoms with Crippen LogP contribution in [0.1, 0.15) is 0 Å². The molecule has 1 N–H and O–H groups in total. The Labute approximate surface area is 75.4 Å². The van der Waals surface area contributed by atoms with E-state index < -0.39 is 5.82 Å². The molecule has 0 spiro atoms. The molecule has 0 unspecified atom stereocenters. The van der Waals surface area contributed by atoms with Crippen molar-refractivity contribution in [2.45, 2.75) is 0 Å². The fourth-order valence-electron chi connectivity index (χ4n) is 0.461. The van der Waals surface area contributed by atoms with Crippen LogP contribution < -0.4 is 29.6 Å². The van der Waals surface area contributed by atoms with Gasteiger partial charge >= 0.3 is 29.6 Å². The monoisotopic (exact) mass is 133 g/mol. The maximum Gasteiger partial charge on any atom is 1.00 e. The fraction of sp³-hybridized carbons (Fsp3) is 0. The minimum atomic E-state index is -0.465. The molecule has 9 heavy (non-hydrogen) atoms. The summed E-state index contributed by atoms with van der Waals surface area (Å²) in [6.45, 7) is 0. The Morgan fingerprint density at radius 1 is 1.22 bits per heavy atom. The average molecular weight is 133 g/mol. The van der Waals surface area contributed by atoms with Crippen LogP contribution in [0.3, 0.4) is 0 Å². The Hall–Kier alpha value is -0.0500. The molecular formula is C6H5FNNa. The maximum absolute atomic E-state index is 12.1. The third-order valence-electron chi connectivity index (χ3n) is 0.874. The molecule has 1 rings (SSSR count). The van der Waals surface area contributed by atoms with Crippen LogP contribution in [0.5, 0.6) is 0 Å². The normalized spacial score (nSPS) is 8.11. The van der Waals surface area contributed by atoms with Crippen LogP contribution in [0.2, 0.25) is 0 Å². The van der Waals surface area contributed by atoms with Crippen molar-refractivity contribution < 1.29 is 33.9 Å². The standard InChI is InChI=1S/C6H5FN.Na/c7-5-3-1-2-4-6(5)8;/h1-4,8H;/q-1;+1. The van der Waals surface area contributed by atoms with Gasteiger partial charge in [0.05, 0.1) is 0 Å². The predicted molar refractivity (Wildman–Crippen MR) is 30.4 cm³/mol. The van der Waals surface area contributed by atoms with Gasteiger partial charge in [0.25, 0.3) is 0 Å². The third-order valence-corrected chi connectivity index (χ3v) is 0.874. The van der Waals surface area contributed by atoms with E-state index in [0.29, 0.717) is 0 Å². The molecule has 0 fully saturated rings. The van der Waals surface area contributed by atoms with E-state index in [0.717, 1.165) is 0 Å². The predicted octanol–water partition coefficient (Wildman–Crippen LogP) is -0.487. The number of hydrogen-bond acceptors (Lipinski definition) is 0. The van der Waals surface area contributed by atoms with Gasteiger partial charge in [-0.25, -0.2) is 4.39 Å². The molecule has 0 saturated carbocycles. The van der Waals surface area contributed by atoms with Crippen molar-refractivity contribution in [1.82, 2.24) is 0 Å². The largest absolute Gasteiger partial charge is 1.00 e. The van der Waals surface area contributed by atoms with E-state index in [2.05, 4.69) is 0 Å². The van der Waals surface area contributed by atoms with Crippen molar-refractivity contribution in [3.8, 4) is 0 Å². The van der Waals surface area contributed by atoms with Gasteiger partial charge in [-0.15, -0.1) is 5.69 Å². The van der Waals surface area contributed by atoms with E-state index in [1.165, 1.54) is 12.1 Å². The van der Waals surface area contributed by atoms with Crippen molar-refractivity contribution in [1.29, 1.82) is 0 Å². The number of halogens is 1. The van der Waals surface area contributed by atoms with Gasteiger partial charge in [0.2, 0.25) is 0 Å². The molecular weight excluding hydrogens is 128 g/mol. The molecule has 0 heterocycles. The Morgan fingerprint density at radius 2 is 1.78 bits per heavy atom. The molecule has 0 aromatic heterocycles. The summed E-state index contributed by atoms with van der Waals surface area (Å²) in [6, 6.07) is 5.87. The molecule has 0 aliphatic rings. The molecule has 0 radical (unpaired) electrons. The topological polar surface area (TPSA) is 23.8 Å². The van der Waals surface area contributed by atoms with Gasteiger partial charge < -0.3 is 5.73 Å². The summed E-state index contributed by atoms with van der Waals surface area (Å²) in [5, 5.41) is 0. The molecule has 1 aromatic carbocycles. The van der Waals surface area contributed by atoms with Crippen molar-refractivity contribution in [2.75, 3.05) is 0 Å². The van der Waals surface area contributed by atoms with E-state index in [1.807, 2.05) is 0 Å². The zero-order valence-electron chi connectivity index (χ0n) is 5.19.